The molecule has 6 aromatic heterocycles. The van der Waals surface area contributed by atoms with Crippen LogP contribution in [-0.4, -0.2) is 83.0 Å². The maximum absolute atomic E-state index is 12.2. The molecule has 3 aliphatic heterocycles. The van der Waals surface area contributed by atoms with Gasteiger partial charge in [-0.25, -0.2) is 64.2 Å². The number of amides is 3. The van der Waals surface area contributed by atoms with Gasteiger partial charge in [0.1, 0.15) is 75.2 Å². The molecule has 0 aliphatic carbocycles. The van der Waals surface area contributed by atoms with Gasteiger partial charge in [0.2, 0.25) is 0 Å². The van der Waals surface area contributed by atoms with Gasteiger partial charge in [0.25, 0.3) is 0 Å². The number of ether oxygens (including phenoxy) is 3. The summed E-state index contributed by atoms with van der Waals surface area (Å²) in [6.45, 7) is 29.3. The van der Waals surface area contributed by atoms with Crippen LogP contribution in [0.15, 0.2) is 119 Å². The number of ketones is 1. The lowest BCUT2D eigenvalue weighted by Gasteiger charge is -2.37. The molecule has 0 fully saturated rings. The Balaban J connectivity index is 0.000000151. The Morgan fingerprint density at radius 3 is 1.22 bits per heavy atom. The number of anilines is 4. The SMILES string of the molecule is CC(=O)c1cc(Br)ccc1N.CC(C)CC1(C)OC(=O)Nc2ccc(Br)cc21.CCn1c(-c2cnc(C)nc2)nc2c(-c3ccc4c(c3)C(C)(CC(C)C)OC(=O)N4)ncnc21.CCn1c(-c2cnc(C)nc2)nc2c(-c3ccc4c(c3)C(C)(CC(C)C)OC(=O)N4)ncnc21. The summed E-state index contributed by atoms with van der Waals surface area (Å²) in [6.07, 6.45) is 11.2. The summed E-state index contributed by atoms with van der Waals surface area (Å²) in [5.74, 6) is 4.04. The quantitative estimate of drug-likeness (QED) is 0.0474. The van der Waals surface area contributed by atoms with Crippen LogP contribution in [0.25, 0.3) is 67.6 Å². The smallest absolute Gasteiger partial charge is 0.412 e. The van der Waals surface area contributed by atoms with Crippen LogP contribution < -0.4 is 21.7 Å². The molecule has 23 nitrogen and oxygen atoms in total. The van der Waals surface area contributed by atoms with E-state index in [1.165, 1.54) is 6.92 Å². The second kappa shape index (κ2) is 28.4. The zero-order valence-electron chi connectivity index (χ0n) is 56.2. The van der Waals surface area contributed by atoms with Gasteiger partial charge in [-0.3, -0.25) is 20.7 Å². The molecule has 0 saturated heterocycles. The van der Waals surface area contributed by atoms with Crippen LogP contribution >= 0.6 is 31.9 Å². The first-order chi connectivity index (χ1) is 45.6. The van der Waals surface area contributed by atoms with E-state index in [9.17, 15) is 19.2 Å². The van der Waals surface area contributed by atoms with Crippen molar-refractivity contribution in [1.82, 2.24) is 59.0 Å². The fraction of sp³-hybridized carbons (Fsp3) is 0.352. The highest BCUT2D eigenvalue weighted by Gasteiger charge is 2.41. The Labute approximate surface area is 574 Å². The lowest BCUT2D eigenvalue weighted by molar-refractivity contribution is 0.00954. The van der Waals surface area contributed by atoms with Gasteiger partial charge in [0.15, 0.2) is 17.1 Å². The second-order valence-corrected chi connectivity index (χ2v) is 27.5. The Kier molecular flexibility index (Phi) is 20.5. The summed E-state index contributed by atoms with van der Waals surface area (Å²) in [7, 11) is 0. The van der Waals surface area contributed by atoms with Gasteiger partial charge < -0.3 is 29.1 Å². The molecule has 3 unspecified atom stereocenters. The standard InChI is InChI=1S/2C25H27N7O2.C13H16BrNO2.C8H8BrNO/c2*1-6-32-22(17-11-26-15(4)27-12-17)31-21-20(28-13-29-23(21)32)16-7-8-19-18(9-16)25(5,10-14(2)3)34-24(33)30-19;1-8(2)7-13(3)10-6-9(14)4-5-11(10)15-12(16)17-13;1-5(11)7-4-6(9)2-3-8(7)10/h2*7-9,11-14H,6,10H2,1-5H3,(H,30,33);4-6,8H,7H2,1-3H3,(H,15,16);2-4H,10H2,1H3. The average Bonchev–Trinajstić information content (AvgIpc) is 1.39. The van der Waals surface area contributed by atoms with Crippen LogP contribution in [0.2, 0.25) is 0 Å². The lowest BCUT2D eigenvalue weighted by atomic mass is 9.84. The first-order valence-electron chi connectivity index (χ1n) is 31.8. The van der Waals surface area contributed by atoms with E-state index in [1.54, 1.807) is 49.6 Å². The largest absolute Gasteiger partial charge is 0.438 e. The first-order valence-corrected chi connectivity index (χ1v) is 33.3. The second-order valence-electron chi connectivity index (χ2n) is 25.7. The number of nitrogens with two attached hydrogens (primary N) is 1. The summed E-state index contributed by atoms with van der Waals surface area (Å²) in [5, 5.41) is 8.38. The zero-order valence-corrected chi connectivity index (χ0v) is 59.4. The fourth-order valence-electron chi connectivity index (χ4n) is 12.7. The van der Waals surface area contributed by atoms with E-state index < -0.39 is 29.0 Å². The number of halogens is 2. The number of nitrogens with zero attached hydrogens (tertiary/aromatic N) is 12. The lowest BCUT2D eigenvalue weighted by Crippen LogP contribution is -2.38. The number of Topliss-reactive ketones (excluding diaryl/α,β-unsaturated/α-hetero) is 1. The van der Waals surface area contributed by atoms with Crippen molar-refractivity contribution < 1.29 is 33.4 Å². The summed E-state index contributed by atoms with van der Waals surface area (Å²) in [4.78, 5) is 92.3. The van der Waals surface area contributed by atoms with E-state index in [0.717, 1.165) is 106 Å². The molecule has 25 heteroatoms. The number of fused-ring (bicyclic) bond motifs is 5. The van der Waals surface area contributed by atoms with E-state index in [1.807, 2.05) is 104 Å². The number of nitrogen functional groups attached to an aromatic ring is 1. The van der Waals surface area contributed by atoms with Crippen molar-refractivity contribution in [3.05, 3.63) is 153 Å². The molecule has 0 saturated carbocycles. The highest BCUT2D eigenvalue weighted by Crippen LogP contribution is 2.46. The van der Waals surface area contributed by atoms with E-state index >= 15 is 0 Å². The Bertz CT molecular complexity index is 4380. The van der Waals surface area contributed by atoms with E-state index in [0.29, 0.717) is 77.6 Å². The summed E-state index contributed by atoms with van der Waals surface area (Å²) < 4.78 is 23.0. The predicted molar refractivity (Wildman–Crippen MR) is 378 cm³/mol. The molecule has 9 heterocycles. The number of imidazole rings is 2. The minimum Gasteiger partial charge on any atom is -0.438 e. The number of carbonyl (C=O) groups excluding carboxylic acids is 4. The van der Waals surface area contributed by atoms with E-state index in [-0.39, 0.29) is 11.9 Å². The maximum atomic E-state index is 12.2. The third kappa shape index (κ3) is 14.9. The molecule has 5 N–H and O–H groups in total. The van der Waals surface area contributed by atoms with Gasteiger partial charge in [-0.1, -0.05) is 85.5 Å². The summed E-state index contributed by atoms with van der Waals surface area (Å²) in [6, 6.07) is 22.8. The van der Waals surface area contributed by atoms with Gasteiger partial charge in [0, 0.05) is 85.9 Å². The number of nitrogens with one attached hydrogen (secondary N) is 3. The Morgan fingerprint density at radius 1 is 0.510 bits per heavy atom. The molecule has 498 valence electrons. The molecule has 3 aliphatic rings. The summed E-state index contributed by atoms with van der Waals surface area (Å²) >= 11 is 6.71. The van der Waals surface area contributed by atoms with E-state index in [4.69, 9.17) is 29.9 Å². The molecule has 4 aromatic carbocycles. The molecular weight excluding hydrogens is 1350 g/mol. The third-order valence-electron chi connectivity index (χ3n) is 16.5. The van der Waals surface area contributed by atoms with Crippen molar-refractivity contribution in [2.75, 3.05) is 21.7 Å². The van der Waals surface area contributed by atoms with Crippen LogP contribution in [0.5, 0.6) is 0 Å². The van der Waals surface area contributed by atoms with Crippen LogP contribution in [0.4, 0.5) is 37.1 Å². The molecule has 10 aromatic rings. The molecular formula is C71H78Br2N16O7. The molecule has 3 atom stereocenters. The van der Waals surface area contributed by atoms with Crippen LogP contribution in [0, 0.1) is 31.6 Å². The number of benzene rings is 4. The predicted octanol–water partition coefficient (Wildman–Crippen LogP) is 16.7. The molecule has 3 amide bonds. The van der Waals surface area contributed by atoms with Gasteiger partial charge in [0.05, 0.1) is 28.2 Å². The molecule has 96 heavy (non-hydrogen) atoms. The van der Waals surface area contributed by atoms with Crippen LogP contribution in [-0.2, 0) is 44.1 Å². The van der Waals surface area contributed by atoms with Gasteiger partial charge >= 0.3 is 18.3 Å². The van der Waals surface area contributed by atoms with E-state index in [2.05, 4.69) is 143 Å². The number of carbonyl (C=O) groups is 4. The average molecular weight is 1430 g/mol. The topological polar surface area (TPSA) is 297 Å². The highest BCUT2D eigenvalue weighted by molar-refractivity contribution is 9.10. The van der Waals surface area contributed by atoms with Crippen LogP contribution in [0.1, 0.15) is 141 Å². The Morgan fingerprint density at radius 2 is 0.865 bits per heavy atom. The van der Waals surface area contributed by atoms with Crippen molar-refractivity contribution in [1.29, 1.82) is 0 Å². The third-order valence-corrected chi connectivity index (χ3v) is 17.5. The Hall–Kier alpha value is -9.62. The van der Waals surface area contributed by atoms with Crippen molar-refractivity contribution in [2.24, 2.45) is 17.8 Å². The normalized spacial score (nSPS) is 17.6. The maximum Gasteiger partial charge on any atom is 0.412 e. The van der Waals surface area contributed by atoms with Gasteiger partial charge in [-0.05, 0) is 153 Å². The van der Waals surface area contributed by atoms with Crippen molar-refractivity contribution in [2.45, 2.75) is 146 Å². The number of cyclic esters (lactones) is 3. The van der Waals surface area contributed by atoms with Gasteiger partial charge in [-0.2, -0.15) is 0 Å². The summed E-state index contributed by atoms with van der Waals surface area (Å²) in [5.41, 5.74) is 17.6. The monoisotopic (exact) mass is 1420 g/mol. The van der Waals surface area contributed by atoms with Crippen molar-refractivity contribution >= 4 is 101 Å². The van der Waals surface area contributed by atoms with Crippen LogP contribution in [0.3, 0.4) is 0 Å². The number of hydrogen-bond donors (Lipinski definition) is 4. The minimum atomic E-state index is -0.735. The number of hydrogen-bond acceptors (Lipinski definition) is 18. The number of rotatable bonds is 13. The highest BCUT2D eigenvalue weighted by atomic mass is 79.9. The molecule has 13 rings (SSSR count). The fourth-order valence-corrected chi connectivity index (χ4v) is 13.4. The van der Waals surface area contributed by atoms with Gasteiger partial charge in [-0.15, -0.1) is 0 Å². The van der Waals surface area contributed by atoms with Crippen molar-refractivity contribution in [3.8, 4) is 45.3 Å². The molecule has 0 spiro atoms. The molecule has 0 radical (unpaired) electrons. The number of aryl methyl sites for hydroxylation is 4. The zero-order chi connectivity index (χ0) is 69.1. The first kappa shape index (κ1) is 69.2. The minimum absolute atomic E-state index is 0.0104. The number of aromatic nitrogens is 12. The van der Waals surface area contributed by atoms with Crippen molar-refractivity contribution in [3.63, 3.8) is 0 Å². The molecule has 0 bridgehead atoms.